The summed E-state index contributed by atoms with van der Waals surface area (Å²) in [5.74, 6) is 2.55. The molecule has 3 N–H and O–H groups in total. The third-order valence-corrected chi connectivity index (χ3v) is 4.06. The number of rotatable bonds is 6. The van der Waals surface area contributed by atoms with E-state index in [1.165, 1.54) is 12.8 Å². The number of hydrogen-bond donors (Lipinski definition) is 2. The molecular formula is C14H26N4O. The molecule has 0 atom stereocenters. The molecule has 1 heterocycles. The molecule has 1 aliphatic carbocycles. The van der Waals surface area contributed by atoms with E-state index in [-0.39, 0.29) is 5.60 Å². The van der Waals surface area contributed by atoms with Gasteiger partial charge in [-0.15, -0.1) is 0 Å². The normalized spacial score (nSPS) is 27.6. The Hall–Kier alpha value is -0.940. The van der Waals surface area contributed by atoms with Crippen LogP contribution in [0.1, 0.15) is 57.6 Å². The van der Waals surface area contributed by atoms with Crippen molar-refractivity contribution in [3.63, 3.8) is 0 Å². The third-order valence-electron chi connectivity index (χ3n) is 4.06. The van der Waals surface area contributed by atoms with Crippen molar-refractivity contribution >= 4 is 0 Å². The van der Waals surface area contributed by atoms with E-state index in [1.807, 2.05) is 6.92 Å². The molecule has 0 aliphatic heterocycles. The summed E-state index contributed by atoms with van der Waals surface area (Å²) in [6.45, 7) is 5.74. The summed E-state index contributed by atoms with van der Waals surface area (Å²) >= 11 is 0. The smallest absolute Gasteiger partial charge is 0.182 e. The first kappa shape index (κ1) is 14.5. The van der Waals surface area contributed by atoms with Crippen molar-refractivity contribution in [2.24, 2.45) is 11.7 Å². The maximum atomic E-state index is 6.05. The first-order chi connectivity index (χ1) is 9.20. The minimum absolute atomic E-state index is 0.265. The van der Waals surface area contributed by atoms with Crippen LogP contribution in [0.3, 0.4) is 0 Å². The molecule has 0 saturated heterocycles. The van der Waals surface area contributed by atoms with Gasteiger partial charge in [-0.25, -0.2) is 4.98 Å². The summed E-state index contributed by atoms with van der Waals surface area (Å²) < 4.78 is 6.05. The molecule has 5 nitrogen and oxygen atoms in total. The molecule has 19 heavy (non-hydrogen) atoms. The number of ether oxygens (including phenoxy) is 1. The van der Waals surface area contributed by atoms with Gasteiger partial charge in [-0.2, -0.15) is 5.10 Å². The van der Waals surface area contributed by atoms with Gasteiger partial charge in [0.1, 0.15) is 11.4 Å². The van der Waals surface area contributed by atoms with E-state index in [1.54, 1.807) is 0 Å². The molecule has 0 aromatic carbocycles. The Bertz CT molecular complexity index is 383. The Morgan fingerprint density at radius 3 is 2.79 bits per heavy atom. The van der Waals surface area contributed by atoms with Gasteiger partial charge in [-0.3, -0.25) is 5.10 Å². The minimum Gasteiger partial charge on any atom is -0.367 e. The summed E-state index contributed by atoms with van der Waals surface area (Å²) in [7, 11) is 0. The van der Waals surface area contributed by atoms with Gasteiger partial charge >= 0.3 is 0 Å². The molecule has 0 radical (unpaired) electrons. The summed E-state index contributed by atoms with van der Waals surface area (Å²) in [6, 6.07) is 0. The first-order valence-corrected chi connectivity index (χ1v) is 7.46. The van der Waals surface area contributed by atoms with Crippen LogP contribution in [0.4, 0.5) is 0 Å². The second-order valence-electron chi connectivity index (χ2n) is 5.61. The van der Waals surface area contributed by atoms with Crippen molar-refractivity contribution in [2.75, 3.05) is 13.2 Å². The molecule has 108 valence electrons. The van der Waals surface area contributed by atoms with Gasteiger partial charge in [0.25, 0.3) is 0 Å². The Morgan fingerprint density at radius 1 is 1.42 bits per heavy atom. The van der Waals surface area contributed by atoms with Crippen LogP contribution >= 0.6 is 0 Å². The standard InChI is InChI=1S/C14H26N4O/c1-3-19-14(8-6-11(2)7-9-14)13-16-12(17-18-13)5-4-10-15/h11H,3-10,15H2,1-2H3,(H,16,17,18). The Kier molecular flexibility index (Phi) is 4.93. The predicted molar refractivity (Wildman–Crippen MR) is 74.7 cm³/mol. The second-order valence-corrected chi connectivity index (χ2v) is 5.61. The quantitative estimate of drug-likeness (QED) is 0.827. The summed E-state index contributed by atoms with van der Waals surface area (Å²) in [5, 5.41) is 7.44. The molecule has 0 spiro atoms. The van der Waals surface area contributed by atoms with Crippen LogP contribution < -0.4 is 5.73 Å². The average Bonchev–Trinajstić information content (AvgIpc) is 2.89. The fourth-order valence-corrected chi connectivity index (χ4v) is 2.82. The van der Waals surface area contributed by atoms with E-state index in [0.29, 0.717) is 13.2 Å². The lowest BCUT2D eigenvalue weighted by molar-refractivity contribution is -0.0835. The topological polar surface area (TPSA) is 76.8 Å². The van der Waals surface area contributed by atoms with Crippen molar-refractivity contribution < 1.29 is 4.74 Å². The lowest BCUT2D eigenvalue weighted by Gasteiger charge is -2.36. The van der Waals surface area contributed by atoms with Crippen molar-refractivity contribution in [1.29, 1.82) is 0 Å². The van der Waals surface area contributed by atoms with E-state index >= 15 is 0 Å². The fraction of sp³-hybridized carbons (Fsp3) is 0.857. The molecule has 0 bridgehead atoms. The number of aryl methyl sites for hydroxylation is 1. The third kappa shape index (κ3) is 3.34. The first-order valence-electron chi connectivity index (χ1n) is 7.46. The van der Waals surface area contributed by atoms with Gasteiger partial charge in [0, 0.05) is 13.0 Å². The van der Waals surface area contributed by atoms with E-state index in [2.05, 4.69) is 22.1 Å². The van der Waals surface area contributed by atoms with E-state index in [9.17, 15) is 0 Å². The molecule has 1 saturated carbocycles. The lowest BCUT2D eigenvalue weighted by Crippen LogP contribution is -2.35. The van der Waals surface area contributed by atoms with Gasteiger partial charge in [-0.05, 0) is 51.5 Å². The Morgan fingerprint density at radius 2 is 2.16 bits per heavy atom. The van der Waals surface area contributed by atoms with Crippen molar-refractivity contribution in [2.45, 2.75) is 58.0 Å². The maximum Gasteiger partial charge on any atom is 0.182 e. The zero-order valence-corrected chi connectivity index (χ0v) is 12.1. The molecule has 0 amide bonds. The molecule has 1 fully saturated rings. The van der Waals surface area contributed by atoms with Gasteiger partial charge in [0.05, 0.1) is 0 Å². The van der Waals surface area contributed by atoms with Gasteiger partial charge in [0.15, 0.2) is 5.82 Å². The molecule has 2 rings (SSSR count). The Balaban J connectivity index is 2.12. The molecular weight excluding hydrogens is 240 g/mol. The highest BCUT2D eigenvalue weighted by Crippen LogP contribution is 2.40. The zero-order valence-electron chi connectivity index (χ0n) is 12.1. The van der Waals surface area contributed by atoms with E-state index in [4.69, 9.17) is 10.5 Å². The highest BCUT2D eigenvalue weighted by molar-refractivity contribution is 5.05. The van der Waals surface area contributed by atoms with Crippen LogP contribution in [0.15, 0.2) is 0 Å². The molecule has 1 aliphatic rings. The van der Waals surface area contributed by atoms with E-state index < -0.39 is 0 Å². The monoisotopic (exact) mass is 266 g/mol. The lowest BCUT2D eigenvalue weighted by atomic mass is 9.79. The molecule has 1 aromatic heterocycles. The number of H-pyrrole nitrogens is 1. The summed E-state index contributed by atoms with van der Waals surface area (Å²) in [5.41, 5.74) is 5.26. The predicted octanol–water partition coefficient (Wildman–Crippen LogP) is 2.14. The molecule has 5 heteroatoms. The van der Waals surface area contributed by atoms with Crippen LogP contribution in [0.25, 0.3) is 0 Å². The van der Waals surface area contributed by atoms with Crippen LogP contribution in [0, 0.1) is 5.92 Å². The fourth-order valence-electron chi connectivity index (χ4n) is 2.82. The largest absolute Gasteiger partial charge is 0.367 e. The van der Waals surface area contributed by atoms with Crippen LogP contribution in [0.2, 0.25) is 0 Å². The highest BCUT2D eigenvalue weighted by Gasteiger charge is 2.40. The molecule has 1 aromatic rings. The summed E-state index contributed by atoms with van der Waals surface area (Å²) in [4.78, 5) is 4.64. The highest BCUT2D eigenvalue weighted by atomic mass is 16.5. The number of aromatic amines is 1. The van der Waals surface area contributed by atoms with Crippen molar-refractivity contribution in [3.8, 4) is 0 Å². The van der Waals surface area contributed by atoms with Crippen LogP contribution in [-0.4, -0.2) is 28.3 Å². The van der Waals surface area contributed by atoms with Crippen LogP contribution in [-0.2, 0) is 16.8 Å². The number of aromatic nitrogens is 3. The minimum atomic E-state index is -0.265. The Labute approximate surface area is 115 Å². The number of nitrogens with zero attached hydrogens (tertiary/aromatic N) is 2. The van der Waals surface area contributed by atoms with Gasteiger partial charge < -0.3 is 10.5 Å². The molecule has 0 unspecified atom stereocenters. The van der Waals surface area contributed by atoms with Crippen molar-refractivity contribution in [3.05, 3.63) is 11.6 Å². The maximum absolute atomic E-state index is 6.05. The van der Waals surface area contributed by atoms with E-state index in [0.717, 1.165) is 43.3 Å². The number of nitrogens with two attached hydrogens (primary N) is 1. The second kappa shape index (κ2) is 6.48. The van der Waals surface area contributed by atoms with Gasteiger partial charge in [-0.1, -0.05) is 6.92 Å². The van der Waals surface area contributed by atoms with Crippen molar-refractivity contribution in [1.82, 2.24) is 15.2 Å². The average molecular weight is 266 g/mol. The number of nitrogens with one attached hydrogen (secondary N) is 1. The van der Waals surface area contributed by atoms with Gasteiger partial charge in [0.2, 0.25) is 0 Å². The summed E-state index contributed by atoms with van der Waals surface area (Å²) in [6.07, 6.45) is 6.22. The number of hydrogen-bond acceptors (Lipinski definition) is 4. The zero-order chi connectivity index (χ0) is 13.7. The SMILES string of the molecule is CCOC1(c2n[nH]c(CCCN)n2)CCC(C)CC1. The van der Waals surface area contributed by atoms with Crippen LogP contribution in [0.5, 0.6) is 0 Å².